The first-order valence-electron chi connectivity index (χ1n) is 9.30. The number of ether oxygens (including phenoxy) is 1. The van der Waals surface area contributed by atoms with Crippen molar-refractivity contribution in [3.05, 3.63) is 65.0 Å². The molecule has 1 heterocycles. The third-order valence-electron chi connectivity index (χ3n) is 4.36. The maximum atomic E-state index is 12.2. The van der Waals surface area contributed by atoms with Crippen molar-refractivity contribution in [2.24, 2.45) is 0 Å². The predicted molar refractivity (Wildman–Crippen MR) is 114 cm³/mol. The van der Waals surface area contributed by atoms with E-state index in [2.05, 4.69) is 39.6 Å². The van der Waals surface area contributed by atoms with Crippen LogP contribution in [0.5, 0.6) is 0 Å². The first-order valence-corrected chi connectivity index (χ1v) is 10.3. The van der Waals surface area contributed by atoms with Crippen LogP contribution in [0.4, 0.5) is 0 Å². The third-order valence-corrected chi connectivity index (χ3v) is 5.37. The van der Waals surface area contributed by atoms with Crippen LogP contribution in [-0.4, -0.2) is 40.7 Å². The van der Waals surface area contributed by atoms with Gasteiger partial charge in [-0.1, -0.05) is 17.7 Å². The number of nitrogens with zero attached hydrogens (tertiary/aromatic N) is 2. The minimum absolute atomic E-state index is 0.315. The van der Waals surface area contributed by atoms with Crippen LogP contribution in [0.3, 0.4) is 0 Å². The molecule has 2 aromatic carbocycles. The van der Waals surface area contributed by atoms with E-state index in [4.69, 9.17) is 4.74 Å². The smallest absolute Gasteiger partial charge is 0.338 e. The lowest BCUT2D eigenvalue weighted by Gasteiger charge is -2.08. The molecule has 0 unspecified atom stereocenters. The van der Waals surface area contributed by atoms with Gasteiger partial charge in [0, 0.05) is 17.2 Å². The summed E-state index contributed by atoms with van der Waals surface area (Å²) in [5.41, 5.74) is 4.57. The molecule has 0 saturated heterocycles. The van der Waals surface area contributed by atoms with E-state index in [-0.39, 0.29) is 12.5 Å². The van der Waals surface area contributed by atoms with Gasteiger partial charge in [0.2, 0.25) is 0 Å². The highest BCUT2D eigenvalue weighted by Gasteiger charge is 2.12. The predicted octanol–water partition coefficient (Wildman–Crippen LogP) is 3.62. The summed E-state index contributed by atoms with van der Waals surface area (Å²) in [7, 11) is 0. The number of hydrogen-bond donors (Lipinski definition) is 1. The van der Waals surface area contributed by atoms with Crippen molar-refractivity contribution >= 4 is 34.7 Å². The molecule has 0 aliphatic carbocycles. The second kappa shape index (κ2) is 9.52. The summed E-state index contributed by atoms with van der Waals surface area (Å²) in [6.45, 7) is 5.99. The Morgan fingerprint density at radius 3 is 2.38 bits per heavy atom. The Hall–Kier alpha value is -2.93. The van der Waals surface area contributed by atoms with E-state index in [0.29, 0.717) is 23.1 Å². The van der Waals surface area contributed by atoms with Gasteiger partial charge in [-0.25, -0.2) is 14.8 Å². The molecule has 0 spiro atoms. The van der Waals surface area contributed by atoms with Gasteiger partial charge in [0.1, 0.15) is 0 Å². The number of amides is 1. The Bertz CT molecular complexity index is 1040. The fourth-order valence-electron chi connectivity index (χ4n) is 2.62. The Kier molecular flexibility index (Phi) is 6.82. The zero-order valence-electron chi connectivity index (χ0n) is 16.7. The Balaban J connectivity index is 1.44. The average Bonchev–Trinajstić information content (AvgIpc) is 2.71. The normalized spacial score (nSPS) is 10.7. The SMILES string of the molecule is Cc1ccc(SCCNC(=O)COC(=O)c2ccc3nc(C)c(C)nc3c2)cc1. The summed E-state index contributed by atoms with van der Waals surface area (Å²) in [6.07, 6.45) is 0. The van der Waals surface area contributed by atoms with Crippen molar-refractivity contribution in [1.82, 2.24) is 15.3 Å². The molecule has 1 aromatic heterocycles. The lowest BCUT2D eigenvalue weighted by atomic mass is 10.2. The summed E-state index contributed by atoms with van der Waals surface area (Å²) in [4.78, 5) is 34.2. The van der Waals surface area contributed by atoms with Crippen molar-refractivity contribution in [3.63, 3.8) is 0 Å². The molecular formula is C22H23N3O3S. The molecule has 1 N–H and O–H groups in total. The number of benzene rings is 2. The lowest BCUT2D eigenvalue weighted by molar-refractivity contribution is -0.124. The number of esters is 1. The molecule has 0 fully saturated rings. The summed E-state index contributed by atoms with van der Waals surface area (Å²) < 4.78 is 5.12. The largest absolute Gasteiger partial charge is 0.452 e. The second-order valence-electron chi connectivity index (χ2n) is 6.69. The van der Waals surface area contributed by atoms with Crippen LogP contribution in [0.2, 0.25) is 0 Å². The summed E-state index contributed by atoms with van der Waals surface area (Å²) in [5.74, 6) is -0.142. The number of aromatic nitrogens is 2. The molecule has 0 aliphatic rings. The molecule has 0 atom stereocenters. The number of rotatable bonds is 7. The summed E-state index contributed by atoms with van der Waals surface area (Å²) >= 11 is 1.66. The van der Waals surface area contributed by atoms with Gasteiger partial charge in [0.15, 0.2) is 6.61 Å². The molecule has 6 nitrogen and oxygen atoms in total. The second-order valence-corrected chi connectivity index (χ2v) is 7.85. The van der Waals surface area contributed by atoms with Gasteiger partial charge in [-0.2, -0.15) is 0 Å². The van der Waals surface area contributed by atoms with Gasteiger partial charge in [-0.05, 0) is 51.1 Å². The number of carbonyl (C=O) groups is 2. The molecule has 29 heavy (non-hydrogen) atoms. The number of hydrogen-bond acceptors (Lipinski definition) is 6. The molecule has 150 valence electrons. The van der Waals surface area contributed by atoms with Crippen molar-refractivity contribution < 1.29 is 14.3 Å². The first kappa shape index (κ1) is 20.8. The maximum Gasteiger partial charge on any atom is 0.338 e. The number of nitrogens with one attached hydrogen (secondary N) is 1. The Morgan fingerprint density at radius 1 is 0.966 bits per heavy atom. The van der Waals surface area contributed by atoms with Crippen LogP contribution in [0.15, 0.2) is 47.4 Å². The molecule has 1 amide bonds. The Morgan fingerprint density at radius 2 is 1.66 bits per heavy atom. The number of thioether (sulfide) groups is 1. The summed E-state index contributed by atoms with van der Waals surface area (Å²) in [5, 5.41) is 2.76. The van der Waals surface area contributed by atoms with Gasteiger partial charge >= 0.3 is 5.97 Å². The van der Waals surface area contributed by atoms with E-state index in [1.807, 2.05) is 20.8 Å². The molecule has 0 aliphatic heterocycles. The van der Waals surface area contributed by atoms with Crippen LogP contribution < -0.4 is 5.32 Å². The van der Waals surface area contributed by atoms with E-state index < -0.39 is 5.97 Å². The number of carbonyl (C=O) groups excluding carboxylic acids is 2. The molecule has 3 aromatic rings. The standard InChI is InChI=1S/C22H23N3O3S/c1-14-4-7-18(8-5-14)29-11-10-23-21(26)13-28-22(27)17-6-9-19-20(12-17)25-16(3)15(2)24-19/h4-9,12H,10-11,13H2,1-3H3,(H,23,26). The van der Waals surface area contributed by atoms with E-state index in [1.54, 1.807) is 30.0 Å². The fourth-order valence-corrected chi connectivity index (χ4v) is 3.39. The topological polar surface area (TPSA) is 81.2 Å². The minimum atomic E-state index is -0.559. The van der Waals surface area contributed by atoms with E-state index in [1.165, 1.54) is 5.56 Å². The van der Waals surface area contributed by atoms with Crippen molar-refractivity contribution in [3.8, 4) is 0 Å². The monoisotopic (exact) mass is 409 g/mol. The van der Waals surface area contributed by atoms with Gasteiger partial charge in [0.25, 0.3) is 5.91 Å². The van der Waals surface area contributed by atoms with Crippen LogP contribution in [0.1, 0.15) is 27.3 Å². The molecule has 7 heteroatoms. The number of aryl methyl sites for hydroxylation is 3. The minimum Gasteiger partial charge on any atom is -0.452 e. The summed E-state index contributed by atoms with van der Waals surface area (Å²) in [6, 6.07) is 13.2. The van der Waals surface area contributed by atoms with Crippen LogP contribution >= 0.6 is 11.8 Å². The van der Waals surface area contributed by atoms with Gasteiger partial charge < -0.3 is 10.1 Å². The van der Waals surface area contributed by atoms with Gasteiger partial charge in [-0.3, -0.25) is 4.79 Å². The van der Waals surface area contributed by atoms with Crippen molar-refractivity contribution in [2.45, 2.75) is 25.7 Å². The first-order chi connectivity index (χ1) is 13.9. The molecule has 0 bridgehead atoms. The van der Waals surface area contributed by atoms with Gasteiger partial charge in [-0.15, -0.1) is 11.8 Å². The highest BCUT2D eigenvalue weighted by molar-refractivity contribution is 7.99. The number of fused-ring (bicyclic) bond motifs is 1. The molecular weight excluding hydrogens is 386 g/mol. The van der Waals surface area contributed by atoms with Crippen molar-refractivity contribution in [2.75, 3.05) is 18.9 Å². The van der Waals surface area contributed by atoms with Crippen molar-refractivity contribution in [1.29, 1.82) is 0 Å². The molecule has 0 radical (unpaired) electrons. The average molecular weight is 410 g/mol. The highest BCUT2D eigenvalue weighted by Crippen LogP contribution is 2.17. The molecule has 0 saturated carbocycles. The highest BCUT2D eigenvalue weighted by atomic mass is 32.2. The van der Waals surface area contributed by atoms with Crippen LogP contribution in [-0.2, 0) is 9.53 Å². The zero-order chi connectivity index (χ0) is 20.8. The fraction of sp³-hybridized carbons (Fsp3) is 0.273. The van der Waals surface area contributed by atoms with Crippen LogP contribution in [0.25, 0.3) is 11.0 Å². The van der Waals surface area contributed by atoms with Gasteiger partial charge in [0.05, 0.1) is 28.0 Å². The molecule has 3 rings (SSSR count). The van der Waals surface area contributed by atoms with E-state index in [9.17, 15) is 9.59 Å². The lowest BCUT2D eigenvalue weighted by Crippen LogP contribution is -2.30. The quantitative estimate of drug-likeness (QED) is 0.365. The van der Waals surface area contributed by atoms with E-state index >= 15 is 0 Å². The third kappa shape index (κ3) is 5.77. The van der Waals surface area contributed by atoms with E-state index in [0.717, 1.165) is 22.0 Å². The zero-order valence-corrected chi connectivity index (χ0v) is 17.5. The Labute approximate surface area is 174 Å². The van der Waals surface area contributed by atoms with Crippen LogP contribution in [0, 0.1) is 20.8 Å². The maximum absolute atomic E-state index is 12.2.